The van der Waals surface area contributed by atoms with E-state index in [9.17, 15) is 4.79 Å². The predicted octanol–water partition coefficient (Wildman–Crippen LogP) is 4.76. The lowest BCUT2D eigenvalue weighted by Gasteiger charge is -2.13. The predicted molar refractivity (Wildman–Crippen MR) is 117 cm³/mol. The quantitative estimate of drug-likeness (QED) is 0.490. The molecular formula is C24H26N2O3. The third-order valence-electron chi connectivity index (χ3n) is 4.41. The van der Waals surface area contributed by atoms with Crippen LogP contribution in [-0.4, -0.2) is 26.2 Å². The summed E-state index contributed by atoms with van der Waals surface area (Å²) < 4.78 is 11.0. The molecule has 0 bridgehead atoms. The molecule has 29 heavy (non-hydrogen) atoms. The average Bonchev–Trinajstić information content (AvgIpc) is 2.77. The largest absolute Gasteiger partial charge is 0.497 e. The highest BCUT2D eigenvalue weighted by atomic mass is 16.5. The highest BCUT2D eigenvalue weighted by Crippen LogP contribution is 2.24. The van der Waals surface area contributed by atoms with Gasteiger partial charge in [0.15, 0.2) is 0 Å². The first-order valence-electron chi connectivity index (χ1n) is 9.68. The molecule has 3 aromatic carbocycles. The lowest BCUT2D eigenvalue weighted by molar-refractivity contribution is -0.114. The van der Waals surface area contributed by atoms with Crippen molar-refractivity contribution in [1.82, 2.24) is 0 Å². The number of benzene rings is 3. The van der Waals surface area contributed by atoms with Gasteiger partial charge in [-0.25, -0.2) is 0 Å². The molecule has 0 spiro atoms. The molecule has 0 aliphatic carbocycles. The van der Waals surface area contributed by atoms with Crippen molar-refractivity contribution in [2.45, 2.75) is 12.8 Å². The van der Waals surface area contributed by atoms with Crippen molar-refractivity contribution in [3.05, 3.63) is 84.4 Å². The summed E-state index contributed by atoms with van der Waals surface area (Å²) in [4.78, 5) is 12.2. The number of ether oxygens (including phenoxy) is 2. The van der Waals surface area contributed by atoms with E-state index in [-0.39, 0.29) is 12.5 Å². The summed E-state index contributed by atoms with van der Waals surface area (Å²) in [6, 6.07) is 25.2. The second kappa shape index (κ2) is 10.8. The van der Waals surface area contributed by atoms with Gasteiger partial charge in [-0.2, -0.15) is 0 Å². The number of hydrogen-bond donors (Lipinski definition) is 2. The van der Waals surface area contributed by atoms with Crippen LogP contribution in [0.2, 0.25) is 0 Å². The number of carbonyl (C=O) groups is 1. The first kappa shape index (κ1) is 20.3. The number of aryl methyl sites for hydroxylation is 1. The molecule has 0 fully saturated rings. The number of para-hydroxylation sites is 2. The number of hydrogen-bond acceptors (Lipinski definition) is 4. The normalized spacial score (nSPS) is 10.2. The topological polar surface area (TPSA) is 59.6 Å². The summed E-state index contributed by atoms with van der Waals surface area (Å²) in [7, 11) is 1.61. The lowest BCUT2D eigenvalue weighted by Crippen LogP contribution is -2.22. The molecule has 5 heteroatoms. The monoisotopic (exact) mass is 390 g/mol. The van der Waals surface area contributed by atoms with Crippen LogP contribution in [0.15, 0.2) is 78.9 Å². The van der Waals surface area contributed by atoms with Crippen molar-refractivity contribution in [2.75, 3.05) is 30.9 Å². The Morgan fingerprint density at radius 2 is 1.62 bits per heavy atom. The van der Waals surface area contributed by atoms with Crippen LogP contribution >= 0.6 is 0 Å². The first-order chi connectivity index (χ1) is 14.2. The summed E-state index contributed by atoms with van der Waals surface area (Å²) in [6.07, 6.45) is 1.90. The molecule has 0 unspecified atom stereocenters. The Labute approximate surface area is 171 Å². The molecule has 0 saturated heterocycles. The molecule has 5 nitrogen and oxygen atoms in total. The van der Waals surface area contributed by atoms with Gasteiger partial charge in [0.25, 0.3) is 0 Å². The van der Waals surface area contributed by atoms with Crippen molar-refractivity contribution in [2.24, 2.45) is 0 Å². The van der Waals surface area contributed by atoms with Crippen molar-refractivity contribution < 1.29 is 14.3 Å². The Morgan fingerprint density at radius 1 is 0.897 bits per heavy atom. The zero-order valence-corrected chi connectivity index (χ0v) is 16.6. The van der Waals surface area contributed by atoms with Crippen LogP contribution in [0.1, 0.15) is 12.0 Å². The first-order valence-corrected chi connectivity index (χ1v) is 9.68. The van der Waals surface area contributed by atoms with E-state index in [4.69, 9.17) is 9.47 Å². The second-order valence-electron chi connectivity index (χ2n) is 6.56. The van der Waals surface area contributed by atoms with Crippen LogP contribution in [0.3, 0.4) is 0 Å². The van der Waals surface area contributed by atoms with Gasteiger partial charge in [-0.15, -0.1) is 0 Å². The molecule has 0 aliphatic heterocycles. The fourth-order valence-electron chi connectivity index (χ4n) is 2.90. The standard InChI is InChI=1S/C24H26N2O3/c1-28-21-15-13-20(14-16-21)26-24(27)18-25-22-11-5-6-12-23(22)29-17-7-10-19-8-3-2-4-9-19/h2-6,8-9,11-16,25H,7,10,17-18H2,1H3,(H,26,27). The van der Waals surface area contributed by atoms with Gasteiger partial charge in [0.1, 0.15) is 11.5 Å². The van der Waals surface area contributed by atoms with Crippen LogP contribution in [0.25, 0.3) is 0 Å². The van der Waals surface area contributed by atoms with Crippen molar-refractivity contribution in [1.29, 1.82) is 0 Å². The maximum absolute atomic E-state index is 12.2. The molecule has 150 valence electrons. The molecular weight excluding hydrogens is 364 g/mol. The number of anilines is 2. The van der Waals surface area contributed by atoms with Gasteiger partial charge in [0.05, 0.1) is 25.9 Å². The highest BCUT2D eigenvalue weighted by Gasteiger charge is 2.06. The summed E-state index contributed by atoms with van der Waals surface area (Å²) in [5.41, 5.74) is 2.83. The van der Waals surface area contributed by atoms with Gasteiger partial charge in [-0.3, -0.25) is 4.79 Å². The maximum atomic E-state index is 12.2. The molecule has 2 N–H and O–H groups in total. The van der Waals surface area contributed by atoms with E-state index < -0.39 is 0 Å². The van der Waals surface area contributed by atoms with Crippen LogP contribution in [0.4, 0.5) is 11.4 Å². The zero-order chi connectivity index (χ0) is 20.3. The Morgan fingerprint density at radius 3 is 2.38 bits per heavy atom. The van der Waals surface area contributed by atoms with Gasteiger partial charge in [-0.1, -0.05) is 42.5 Å². The number of methoxy groups -OCH3 is 1. The van der Waals surface area contributed by atoms with E-state index in [1.54, 1.807) is 19.2 Å². The molecule has 0 aromatic heterocycles. The lowest BCUT2D eigenvalue weighted by atomic mass is 10.1. The summed E-state index contributed by atoms with van der Waals surface area (Å²) in [6.45, 7) is 0.766. The van der Waals surface area contributed by atoms with Crippen molar-refractivity contribution in [3.8, 4) is 11.5 Å². The number of rotatable bonds is 10. The van der Waals surface area contributed by atoms with E-state index in [0.29, 0.717) is 6.61 Å². The second-order valence-corrected chi connectivity index (χ2v) is 6.56. The Balaban J connectivity index is 1.46. The molecule has 0 heterocycles. The van der Waals surface area contributed by atoms with Crippen LogP contribution in [0, 0.1) is 0 Å². The highest BCUT2D eigenvalue weighted by molar-refractivity contribution is 5.94. The number of amides is 1. The molecule has 0 radical (unpaired) electrons. The van der Waals surface area contributed by atoms with Gasteiger partial charge < -0.3 is 20.1 Å². The number of carbonyl (C=O) groups excluding carboxylic acids is 1. The van der Waals surface area contributed by atoms with Crippen LogP contribution in [-0.2, 0) is 11.2 Å². The molecule has 3 aromatic rings. The summed E-state index contributed by atoms with van der Waals surface area (Å²) >= 11 is 0. The van der Waals surface area contributed by atoms with E-state index in [1.165, 1.54) is 5.56 Å². The molecule has 0 atom stereocenters. The van der Waals surface area contributed by atoms with E-state index in [1.807, 2.05) is 54.6 Å². The maximum Gasteiger partial charge on any atom is 0.243 e. The SMILES string of the molecule is COc1ccc(NC(=O)CNc2ccccc2OCCCc2ccccc2)cc1. The average molecular weight is 390 g/mol. The van der Waals surface area contributed by atoms with Crippen molar-refractivity contribution in [3.63, 3.8) is 0 Å². The summed E-state index contributed by atoms with van der Waals surface area (Å²) in [5.74, 6) is 1.37. The van der Waals surface area contributed by atoms with E-state index >= 15 is 0 Å². The molecule has 1 amide bonds. The Kier molecular flexibility index (Phi) is 7.52. The fourth-order valence-corrected chi connectivity index (χ4v) is 2.90. The minimum atomic E-state index is -0.131. The Bertz CT molecular complexity index is 896. The van der Waals surface area contributed by atoms with Crippen LogP contribution < -0.4 is 20.1 Å². The van der Waals surface area contributed by atoms with Gasteiger partial charge >= 0.3 is 0 Å². The van der Waals surface area contributed by atoms with E-state index in [0.717, 1.165) is 35.7 Å². The van der Waals surface area contributed by atoms with E-state index in [2.05, 4.69) is 22.8 Å². The van der Waals surface area contributed by atoms with Gasteiger partial charge in [0, 0.05) is 5.69 Å². The molecule has 3 rings (SSSR count). The van der Waals surface area contributed by atoms with Crippen LogP contribution in [0.5, 0.6) is 11.5 Å². The smallest absolute Gasteiger partial charge is 0.243 e. The molecule has 0 saturated carbocycles. The Hall–Kier alpha value is -3.47. The van der Waals surface area contributed by atoms with Gasteiger partial charge in [-0.05, 0) is 54.8 Å². The van der Waals surface area contributed by atoms with Crippen molar-refractivity contribution >= 4 is 17.3 Å². The third-order valence-corrected chi connectivity index (χ3v) is 4.41. The number of nitrogens with one attached hydrogen (secondary N) is 2. The fraction of sp³-hybridized carbons (Fsp3) is 0.208. The zero-order valence-electron chi connectivity index (χ0n) is 16.6. The minimum Gasteiger partial charge on any atom is -0.497 e. The van der Waals surface area contributed by atoms with Gasteiger partial charge in [0.2, 0.25) is 5.91 Å². The molecule has 0 aliphatic rings. The minimum absolute atomic E-state index is 0.131. The third kappa shape index (κ3) is 6.57. The summed E-state index contributed by atoms with van der Waals surface area (Å²) in [5, 5.41) is 6.01.